The fourth-order valence-corrected chi connectivity index (χ4v) is 1.76. The number of rotatable bonds is 4. The van der Waals surface area contributed by atoms with Crippen LogP contribution < -0.4 is 10.7 Å². The van der Waals surface area contributed by atoms with Gasteiger partial charge >= 0.3 is 11.8 Å². The molecule has 2 amide bonds. The lowest BCUT2D eigenvalue weighted by Crippen LogP contribution is -2.41. The Kier molecular flexibility index (Phi) is 5.24. The number of nitrogens with zero attached hydrogens (tertiary/aromatic N) is 1. The predicted octanol–water partition coefficient (Wildman–Crippen LogP) is 2.06. The minimum Gasteiger partial charge on any atom is -0.455 e. The van der Waals surface area contributed by atoms with Crippen LogP contribution >= 0.6 is 0 Å². The molecule has 0 atom stereocenters. The van der Waals surface area contributed by atoms with Gasteiger partial charge in [-0.3, -0.25) is 9.59 Å². The Morgan fingerprint density at radius 3 is 2.61 bits per heavy atom. The molecule has 2 N–H and O–H groups in total. The van der Waals surface area contributed by atoms with Gasteiger partial charge in [-0.1, -0.05) is 12.1 Å². The molecule has 2 rings (SSSR count). The highest BCUT2D eigenvalue weighted by atomic mass is 19.1. The SMILES string of the molecule is CC(C)NC(=O)C(=O)N/N=C\c1ccc(-c2ccccc2F)o1. The molecule has 0 fully saturated rings. The molecule has 0 aliphatic heterocycles. The standard InChI is InChI=1S/C16H16FN3O3/c1-10(2)19-15(21)16(22)20-18-9-11-7-8-14(23-11)12-5-3-4-6-13(12)17/h3-10H,1-2H3,(H,19,21)(H,20,22)/b18-9-. The molecule has 1 aromatic carbocycles. The monoisotopic (exact) mass is 317 g/mol. The Bertz CT molecular complexity index is 738. The van der Waals surface area contributed by atoms with Crippen LogP contribution in [-0.4, -0.2) is 24.1 Å². The van der Waals surface area contributed by atoms with Gasteiger partial charge in [-0.15, -0.1) is 0 Å². The van der Waals surface area contributed by atoms with Gasteiger partial charge in [0.25, 0.3) is 0 Å². The van der Waals surface area contributed by atoms with Crippen LogP contribution in [0.2, 0.25) is 0 Å². The topological polar surface area (TPSA) is 83.7 Å². The number of furan rings is 1. The van der Waals surface area contributed by atoms with Crippen LogP contribution in [-0.2, 0) is 9.59 Å². The van der Waals surface area contributed by atoms with Crippen molar-refractivity contribution in [2.45, 2.75) is 19.9 Å². The van der Waals surface area contributed by atoms with E-state index in [0.29, 0.717) is 17.1 Å². The maximum atomic E-state index is 13.6. The van der Waals surface area contributed by atoms with Crippen LogP contribution in [0.4, 0.5) is 4.39 Å². The normalized spacial score (nSPS) is 11.0. The average molecular weight is 317 g/mol. The first-order chi connectivity index (χ1) is 11.0. The fraction of sp³-hybridized carbons (Fsp3) is 0.188. The molecule has 2 aromatic rings. The summed E-state index contributed by atoms with van der Waals surface area (Å²) in [5.74, 6) is -1.40. The second-order valence-electron chi connectivity index (χ2n) is 5.01. The summed E-state index contributed by atoms with van der Waals surface area (Å²) >= 11 is 0. The van der Waals surface area contributed by atoms with Crippen LogP contribution in [0.1, 0.15) is 19.6 Å². The van der Waals surface area contributed by atoms with Crippen LogP contribution in [0.5, 0.6) is 0 Å². The Morgan fingerprint density at radius 2 is 1.91 bits per heavy atom. The molecule has 7 heteroatoms. The third-order valence-corrected chi connectivity index (χ3v) is 2.75. The highest BCUT2D eigenvalue weighted by Gasteiger charge is 2.13. The molecule has 0 unspecified atom stereocenters. The molecule has 1 heterocycles. The molecule has 0 aliphatic rings. The molecule has 6 nitrogen and oxygen atoms in total. The summed E-state index contributed by atoms with van der Waals surface area (Å²) in [6, 6.07) is 9.22. The van der Waals surface area contributed by atoms with Gasteiger partial charge in [-0.25, -0.2) is 9.82 Å². The summed E-state index contributed by atoms with van der Waals surface area (Å²) in [6.07, 6.45) is 1.23. The first-order valence-corrected chi connectivity index (χ1v) is 6.96. The van der Waals surface area contributed by atoms with E-state index in [0.717, 1.165) is 0 Å². The van der Waals surface area contributed by atoms with E-state index in [9.17, 15) is 14.0 Å². The fourth-order valence-electron chi connectivity index (χ4n) is 1.76. The molecule has 120 valence electrons. The van der Waals surface area contributed by atoms with E-state index < -0.39 is 17.6 Å². The maximum absolute atomic E-state index is 13.6. The summed E-state index contributed by atoms with van der Waals surface area (Å²) in [6.45, 7) is 3.48. The van der Waals surface area contributed by atoms with Crippen molar-refractivity contribution in [2.24, 2.45) is 5.10 Å². The number of hydrogen-bond acceptors (Lipinski definition) is 4. The lowest BCUT2D eigenvalue weighted by molar-refractivity contribution is -0.139. The highest BCUT2D eigenvalue weighted by molar-refractivity contribution is 6.35. The minimum absolute atomic E-state index is 0.148. The van der Waals surface area contributed by atoms with Crippen LogP contribution in [0.3, 0.4) is 0 Å². The largest absolute Gasteiger partial charge is 0.455 e. The van der Waals surface area contributed by atoms with Crippen molar-refractivity contribution in [1.29, 1.82) is 0 Å². The molecular formula is C16H16FN3O3. The summed E-state index contributed by atoms with van der Waals surface area (Å²) < 4.78 is 19.1. The molecule has 0 saturated carbocycles. The molecular weight excluding hydrogens is 301 g/mol. The van der Waals surface area contributed by atoms with Crippen molar-refractivity contribution < 1.29 is 18.4 Å². The number of benzene rings is 1. The van der Waals surface area contributed by atoms with Crippen molar-refractivity contribution in [3.63, 3.8) is 0 Å². The second kappa shape index (κ2) is 7.35. The number of carbonyl (C=O) groups excluding carboxylic acids is 2. The zero-order valence-electron chi connectivity index (χ0n) is 12.7. The molecule has 0 bridgehead atoms. The average Bonchev–Trinajstić information content (AvgIpc) is 2.95. The predicted molar refractivity (Wildman–Crippen MR) is 83.1 cm³/mol. The zero-order valence-corrected chi connectivity index (χ0v) is 12.7. The Hall–Kier alpha value is -2.96. The quantitative estimate of drug-likeness (QED) is 0.514. The van der Waals surface area contributed by atoms with E-state index in [1.165, 1.54) is 12.3 Å². The number of hydrogen-bond donors (Lipinski definition) is 2. The smallest absolute Gasteiger partial charge is 0.329 e. The van der Waals surface area contributed by atoms with Gasteiger partial charge < -0.3 is 9.73 Å². The Morgan fingerprint density at radius 1 is 1.17 bits per heavy atom. The summed E-state index contributed by atoms with van der Waals surface area (Å²) in [7, 11) is 0. The molecule has 0 aliphatic carbocycles. The third kappa shape index (κ3) is 4.50. The van der Waals surface area contributed by atoms with E-state index in [2.05, 4.69) is 15.8 Å². The number of amides is 2. The van der Waals surface area contributed by atoms with Gasteiger partial charge in [0.15, 0.2) is 0 Å². The van der Waals surface area contributed by atoms with Crippen molar-refractivity contribution >= 4 is 18.0 Å². The Balaban J connectivity index is 1.98. The summed E-state index contributed by atoms with van der Waals surface area (Å²) in [5.41, 5.74) is 2.41. The van der Waals surface area contributed by atoms with Gasteiger partial charge in [0.1, 0.15) is 17.3 Å². The van der Waals surface area contributed by atoms with E-state index in [1.54, 1.807) is 44.2 Å². The van der Waals surface area contributed by atoms with E-state index in [-0.39, 0.29) is 6.04 Å². The second-order valence-corrected chi connectivity index (χ2v) is 5.01. The van der Waals surface area contributed by atoms with Crippen molar-refractivity contribution in [3.8, 4) is 11.3 Å². The van der Waals surface area contributed by atoms with Crippen LogP contribution in [0.25, 0.3) is 11.3 Å². The molecule has 1 aromatic heterocycles. The summed E-state index contributed by atoms with van der Waals surface area (Å²) in [4.78, 5) is 22.8. The minimum atomic E-state index is -0.879. The molecule has 0 radical (unpaired) electrons. The van der Waals surface area contributed by atoms with Gasteiger partial charge in [0.05, 0.1) is 11.8 Å². The molecule has 0 saturated heterocycles. The van der Waals surface area contributed by atoms with Gasteiger partial charge in [0.2, 0.25) is 0 Å². The number of nitrogens with one attached hydrogen (secondary N) is 2. The first kappa shape index (κ1) is 16.4. The number of hydrazone groups is 1. The van der Waals surface area contributed by atoms with E-state index in [4.69, 9.17) is 4.42 Å². The van der Waals surface area contributed by atoms with E-state index in [1.807, 2.05) is 0 Å². The van der Waals surface area contributed by atoms with Crippen molar-refractivity contribution in [1.82, 2.24) is 10.7 Å². The lowest BCUT2D eigenvalue weighted by Gasteiger charge is -2.05. The third-order valence-electron chi connectivity index (χ3n) is 2.75. The lowest BCUT2D eigenvalue weighted by atomic mass is 10.1. The Labute approximate surface area is 132 Å². The van der Waals surface area contributed by atoms with Gasteiger partial charge in [-0.2, -0.15) is 5.10 Å². The summed E-state index contributed by atoms with van der Waals surface area (Å²) in [5, 5.41) is 6.06. The highest BCUT2D eigenvalue weighted by Crippen LogP contribution is 2.24. The van der Waals surface area contributed by atoms with Crippen LogP contribution in [0.15, 0.2) is 45.9 Å². The number of carbonyl (C=O) groups is 2. The zero-order chi connectivity index (χ0) is 16.8. The van der Waals surface area contributed by atoms with Crippen LogP contribution in [0, 0.1) is 5.82 Å². The molecule has 23 heavy (non-hydrogen) atoms. The first-order valence-electron chi connectivity index (χ1n) is 6.96. The number of halogens is 1. The van der Waals surface area contributed by atoms with Crippen molar-refractivity contribution in [2.75, 3.05) is 0 Å². The molecule has 0 spiro atoms. The van der Waals surface area contributed by atoms with E-state index >= 15 is 0 Å². The maximum Gasteiger partial charge on any atom is 0.329 e. The van der Waals surface area contributed by atoms with Crippen molar-refractivity contribution in [3.05, 3.63) is 48.0 Å². The van der Waals surface area contributed by atoms with Gasteiger partial charge in [0, 0.05) is 6.04 Å². The van der Waals surface area contributed by atoms with Gasteiger partial charge in [-0.05, 0) is 38.1 Å².